The normalized spacial score (nSPS) is 29.8. The molecule has 1 aromatic rings. The number of hydrogen-bond donors (Lipinski definition) is 1. The van der Waals surface area contributed by atoms with Crippen LogP contribution in [-0.2, 0) is 4.74 Å². The number of ether oxygens (including phenoxy) is 1. The molecule has 96 valence electrons. The predicted molar refractivity (Wildman–Crippen MR) is 63.7 cm³/mol. The summed E-state index contributed by atoms with van der Waals surface area (Å²) in [4.78, 5) is 19.9. The topological polar surface area (TPSA) is 72.3 Å². The van der Waals surface area contributed by atoms with Crippen molar-refractivity contribution in [3.63, 3.8) is 0 Å². The summed E-state index contributed by atoms with van der Waals surface area (Å²) in [5, 5.41) is 9.10. The van der Waals surface area contributed by atoms with E-state index in [1.54, 1.807) is 13.8 Å². The largest absolute Gasteiger partial charge is 0.478 e. The van der Waals surface area contributed by atoms with Crippen molar-refractivity contribution in [1.82, 2.24) is 9.97 Å². The lowest BCUT2D eigenvalue weighted by Crippen LogP contribution is -2.19. The maximum atomic E-state index is 11.1. The van der Waals surface area contributed by atoms with Crippen molar-refractivity contribution >= 4 is 5.97 Å². The molecule has 0 aromatic carbocycles. The van der Waals surface area contributed by atoms with Crippen LogP contribution in [0.15, 0.2) is 0 Å². The number of rotatable bonds is 2. The summed E-state index contributed by atoms with van der Waals surface area (Å²) >= 11 is 0. The fourth-order valence-electron chi connectivity index (χ4n) is 3.13. The fourth-order valence-corrected chi connectivity index (χ4v) is 3.13. The van der Waals surface area contributed by atoms with Gasteiger partial charge >= 0.3 is 5.97 Å². The second-order valence-electron chi connectivity index (χ2n) is 5.15. The van der Waals surface area contributed by atoms with Gasteiger partial charge in [0.1, 0.15) is 11.4 Å². The average molecular weight is 248 g/mol. The van der Waals surface area contributed by atoms with Crippen LogP contribution < -0.4 is 0 Å². The van der Waals surface area contributed by atoms with Crippen LogP contribution >= 0.6 is 0 Å². The van der Waals surface area contributed by atoms with Crippen LogP contribution in [0.3, 0.4) is 0 Å². The number of nitrogens with zero attached hydrogens (tertiary/aromatic N) is 2. The molecule has 0 spiro atoms. The molecule has 2 aliphatic heterocycles. The summed E-state index contributed by atoms with van der Waals surface area (Å²) in [6.07, 6.45) is 3.74. The van der Waals surface area contributed by atoms with E-state index in [0.717, 1.165) is 25.1 Å². The predicted octanol–water partition coefficient (Wildman–Crippen LogP) is 1.83. The highest BCUT2D eigenvalue weighted by atomic mass is 16.5. The number of carbonyl (C=O) groups is 1. The number of aromatic carboxylic acids is 1. The van der Waals surface area contributed by atoms with E-state index in [1.165, 1.54) is 0 Å². The van der Waals surface area contributed by atoms with Crippen LogP contribution in [0.4, 0.5) is 0 Å². The van der Waals surface area contributed by atoms with Crippen molar-refractivity contribution < 1.29 is 14.6 Å². The highest BCUT2D eigenvalue weighted by Gasteiger charge is 2.43. The molecule has 2 saturated heterocycles. The molecule has 3 heterocycles. The lowest BCUT2D eigenvalue weighted by molar-refractivity contribution is 0.0694. The van der Waals surface area contributed by atoms with Gasteiger partial charge in [0.05, 0.1) is 23.6 Å². The van der Waals surface area contributed by atoms with E-state index in [-0.39, 0.29) is 17.6 Å². The van der Waals surface area contributed by atoms with Gasteiger partial charge in [0.2, 0.25) is 0 Å². The van der Waals surface area contributed by atoms with Crippen LogP contribution in [0.2, 0.25) is 0 Å². The first-order valence-electron chi connectivity index (χ1n) is 6.30. The Labute approximate surface area is 105 Å². The molecule has 0 amide bonds. The van der Waals surface area contributed by atoms with Crippen molar-refractivity contribution in [2.24, 2.45) is 0 Å². The zero-order chi connectivity index (χ0) is 12.9. The highest BCUT2D eigenvalue weighted by molar-refractivity contribution is 5.89. The molecule has 0 radical (unpaired) electrons. The standard InChI is InChI=1S/C13H16N2O3/c1-6-11(13(16)17)7(2)15-12(14-6)9-5-8-3-4-10(9)18-8/h8-10H,3-5H2,1-2H3,(H,16,17). The van der Waals surface area contributed by atoms with Gasteiger partial charge in [-0.05, 0) is 33.1 Å². The molecule has 5 nitrogen and oxygen atoms in total. The lowest BCUT2D eigenvalue weighted by atomic mass is 9.88. The number of fused-ring (bicyclic) bond motifs is 2. The van der Waals surface area contributed by atoms with Gasteiger partial charge in [0.15, 0.2) is 0 Å². The molecule has 0 aliphatic carbocycles. The fraction of sp³-hybridized carbons (Fsp3) is 0.615. The third kappa shape index (κ3) is 1.70. The van der Waals surface area contributed by atoms with Crippen molar-refractivity contribution in [2.45, 2.75) is 51.2 Å². The molecule has 3 atom stereocenters. The number of hydrogen-bond acceptors (Lipinski definition) is 4. The second-order valence-corrected chi connectivity index (χ2v) is 5.15. The maximum absolute atomic E-state index is 11.1. The first-order valence-corrected chi connectivity index (χ1v) is 6.30. The Balaban J connectivity index is 1.97. The van der Waals surface area contributed by atoms with E-state index in [4.69, 9.17) is 9.84 Å². The van der Waals surface area contributed by atoms with E-state index in [2.05, 4.69) is 9.97 Å². The summed E-state index contributed by atoms with van der Waals surface area (Å²) in [5.74, 6) is 0.0342. The second kappa shape index (κ2) is 4.02. The molecule has 3 unspecified atom stereocenters. The van der Waals surface area contributed by atoms with Gasteiger partial charge in [-0.2, -0.15) is 0 Å². The Hall–Kier alpha value is -1.49. The number of aromatic nitrogens is 2. The molecule has 18 heavy (non-hydrogen) atoms. The Morgan fingerprint density at radius 2 is 1.94 bits per heavy atom. The average Bonchev–Trinajstić information content (AvgIpc) is 2.88. The van der Waals surface area contributed by atoms with Crippen LogP contribution in [0, 0.1) is 13.8 Å². The van der Waals surface area contributed by atoms with E-state index in [1.807, 2.05) is 0 Å². The van der Waals surface area contributed by atoms with Crippen molar-refractivity contribution in [1.29, 1.82) is 0 Å². The van der Waals surface area contributed by atoms with Crippen LogP contribution in [0.25, 0.3) is 0 Å². The molecular formula is C13H16N2O3. The molecule has 3 rings (SSSR count). The highest BCUT2D eigenvalue weighted by Crippen LogP contribution is 2.43. The zero-order valence-electron chi connectivity index (χ0n) is 10.5. The van der Waals surface area contributed by atoms with E-state index >= 15 is 0 Å². The van der Waals surface area contributed by atoms with Gasteiger partial charge in [-0.25, -0.2) is 14.8 Å². The minimum Gasteiger partial charge on any atom is -0.478 e. The summed E-state index contributed by atoms with van der Waals surface area (Å²) in [6.45, 7) is 3.46. The monoisotopic (exact) mass is 248 g/mol. The van der Waals surface area contributed by atoms with Crippen LogP contribution in [0.5, 0.6) is 0 Å². The van der Waals surface area contributed by atoms with E-state index in [0.29, 0.717) is 17.5 Å². The molecule has 2 aliphatic rings. The van der Waals surface area contributed by atoms with E-state index in [9.17, 15) is 4.79 Å². The molecule has 0 saturated carbocycles. The molecule has 2 fully saturated rings. The quantitative estimate of drug-likeness (QED) is 0.864. The third-order valence-electron chi connectivity index (χ3n) is 3.94. The summed E-state index contributed by atoms with van der Waals surface area (Å²) in [5.41, 5.74) is 1.32. The Kier molecular flexibility index (Phi) is 2.59. The summed E-state index contributed by atoms with van der Waals surface area (Å²) in [6, 6.07) is 0. The zero-order valence-corrected chi connectivity index (χ0v) is 10.5. The van der Waals surface area contributed by atoms with Gasteiger partial charge in [-0.1, -0.05) is 0 Å². The number of carboxylic acids is 1. The minimum absolute atomic E-state index is 0.225. The SMILES string of the molecule is Cc1nc(C2CC3CCC2O3)nc(C)c1C(=O)O. The van der Waals surface area contributed by atoms with Gasteiger partial charge < -0.3 is 9.84 Å². The first kappa shape index (κ1) is 11.6. The van der Waals surface area contributed by atoms with Crippen molar-refractivity contribution in [3.8, 4) is 0 Å². The maximum Gasteiger partial charge on any atom is 0.339 e. The molecule has 1 N–H and O–H groups in total. The molecule has 1 aromatic heterocycles. The summed E-state index contributed by atoms with van der Waals surface area (Å²) < 4.78 is 5.80. The molecule has 2 bridgehead atoms. The van der Waals surface area contributed by atoms with Crippen molar-refractivity contribution in [3.05, 3.63) is 22.8 Å². The smallest absolute Gasteiger partial charge is 0.339 e. The van der Waals surface area contributed by atoms with Crippen LogP contribution in [-0.4, -0.2) is 33.3 Å². The number of carboxylic acid groups (broad SMARTS) is 1. The van der Waals surface area contributed by atoms with Crippen molar-refractivity contribution in [2.75, 3.05) is 0 Å². The number of aryl methyl sites for hydroxylation is 2. The Morgan fingerprint density at radius 1 is 1.28 bits per heavy atom. The lowest BCUT2D eigenvalue weighted by Gasteiger charge is -2.18. The molecular weight excluding hydrogens is 232 g/mol. The first-order chi connectivity index (χ1) is 8.56. The Morgan fingerprint density at radius 3 is 2.39 bits per heavy atom. The van der Waals surface area contributed by atoms with E-state index < -0.39 is 5.97 Å². The minimum atomic E-state index is -0.958. The van der Waals surface area contributed by atoms with Crippen LogP contribution in [0.1, 0.15) is 52.8 Å². The van der Waals surface area contributed by atoms with Gasteiger partial charge in [-0.3, -0.25) is 0 Å². The van der Waals surface area contributed by atoms with Gasteiger partial charge in [-0.15, -0.1) is 0 Å². The molecule has 5 heteroatoms. The summed E-state index contributed by atoms with van der Waals surface area (Å²) in [7, 11) is 0. The van der Waals surface area contributed by atoms with Gasteiger partial charge in [0.25, 0.3) is 0 Å². The Bertz CT molecular complexity index is 492. The van der Waals surface area contributed by atoms with Gasteiger partial charge in [0, 0.05) is 5.92 Å². The third-order valence-corrected chi connectivity index (χ3v) is 3.94.